The summed E-state index contributed by atoms with van der Waals surface area (Å²) < 4.78 is 45.1. The molecule has 1 N–H and O–H groups in total. The molecule has 1 saturated heterocycles. The van der Waals surface area contributed by atoms with E-state index in [0.717, 1.165) is 29.5 Å². The highest BCUT2D eigenvalue weighted by atomic mass is 19.4. The maximum atomic E-state index is 12.9. The molecule has 0 bridgehead atoms. The number of ether oxygens (including phenoxy) is 1. The number of hydrogen-bond acceptors (Lipinski definition) is 5. The molecule has 120 valence electrons. The van der Waals surface area contributed by atoms with E-state index in [4.69, 9.17) is 4.74 Å². The zero-order valence-corrected chi connectivity index (χ0v) is 12.2. The second-order valence-corrected chi connectivity index (χ2v) is 5.37. The molecule has 1 aliphatic heterocycles. The number of rotatable bonds is 3. The lowest BCUT2D eigenvalue weighted by atomic mass is 10.2. The average molecular weight is 315 g/mol. The Kier molecular flexibility index (Phi) is 3.67. The van der Waals surface area contributed by atoms with Crippen molar-refractivity contribution in [1.82, 2.24) is 19.8 Å². The standard InChI is InChI=1S/C13H16F3N5O/c1-7-8(2)11-18-19-12(13(14,15)16)21(11)20-10(7)17-6-9-4-3-5-22-9/h9H,3-6H2,1-2H3,(H,17,20)/t9-/m1/s1. The molecule has 3 heterocycles. The molecular weight excluding hydrogens is 299 g/mol. The van der Waals surface area contributed by atoms with Crippen molar-refractivity contribution < 1.29 is 17.9 Å². The van der Waals surface area contributed by atoms with E-state index in [-0.39, 0.29) is 11.8 Å². The first-order valence-electron chi connectivity index (χ1n) is 7.03. The molecule has 22 heavy (non-hydrogen) atoms. The van der Waals surface area contributed by atoms with Gasteiger partial charge in [0.2, 0.25) is 0 Å². The minimum absolute atomic E-state index is 0.0696. The Labute approximate surface area is 124 Å². The van der Waals surface area contributed by atoms with Crippen molar-refractivity contribution in [3.05, 3.63) is 17.0 Å². The first-order chi connectivity index (χ1) is 10.4. The number of aromatic nitrogens is 4. The van der Waals surface area contributed by atoms with Crippen molar-refractivity contribution in [2.45, 2.75) is 39.0 Å². The van der Waals surface area contributed by atoms with Gasteiger partial charge in [-0.05, 0) is 32.3 Å². The number of nitrogens with one attached hydrogen (secondary N) is 1. The normalized spacial score (nSPS) is 19.0. The number of hydrogen-bond donors (Lipinski definition) is 1. The minimum Gasteiger partial charge on any atom is -0.376 e. The molecule has 3 rings (SSSR count). The van der Waals surface area contributed by atoms with E-state index >= 15 is 0 Å². The van der Waals surface area contributed by atoms with Crippen molar-refractivity contribution in [3.8, 4) is 0 Å². The third kappa shape index (κ3) is 2.60. The van der Waals surface area contributed by atoms with Crippen molar-refractivity contribution in [3.63, 3.8) is 0 Å². The third-order valence-electron chi connectivity index (χ3n) is 3.87. The van der Waals surface area contributed by atoms with Crippen LogP contribution in [-0.2, 0) is 10.9 Å². The van der Waals surface area contributed by atoms with Crippen LogP contribution in [0.1, 0.15) is 29.8 Å². The summed E-state index contributed by atoms with van der Waals surface area (Å²) in [5.41, 5.74) is 1.49. The number of alkyl halides is 3. The molecule has 2 aromatic heterocycles. The first kappa shape index (κ1) is 15.0. The number of halogens is 3. The number of aryl methyl sites for hydroxylation is 1. The second-order valence-electron chi connectivity index (χ2n) is 5.37. The minimum atomic E-state index is -4.60. The average Bonchev–Trinajstić information content (AvgIpc) is 3.09. The van der Waals surface area contributed by atoms with Crippen LogP contribution in [0.5, 0.6) is 0 Å². The summed E-state index contributed by atoms with van der Waals surface area (Å²) in [6.45, 7) is 4.74. The van der Waals surface area contributed by atoms with Gasteiger partial charge in [-0.3, -0.25) is 0 Å². The topological polar surface area (TPSA) is 64.3 Å². The molecule has 0 aromatic carbocycles. The Bertz CT molecular complexity index is 691. The molecule has 0 unspecified atom stereocenters. The summed E-state index contributed by atoms with van der Waals surface area (Å²) in [5.74, 6) is -0.725. The van der Waals surface area contributed by atoms with Crippen molar-refractivity contribution in [2.24, 2.45) is 0 Å². The molecule has 9 heteroatoms. The molecule has 0 saturated carbocycles. The molecule has 0 radical (unpaired) electrons. The Morgan fingerprint density at radius 3 is 2.68 bits per heavy atom. The molecule has 1 aliphatic rings. The van der Waals surface area contributed by atoms with Gasteiger partial charge in [-0.15, -0.1) is 15.3 Å². The highest BCUT2D eigenvalue weighted by Crippen LogP contribution is 2.29. The fraction of sp³-hybridized carbons (Fsp3) is 0.615. The molecule has 0 spiro atoms. The fourth-order valence-electron chi connectivity index (χ4n) is 2.49. The lowest BCUT2D eigenvalue weighted by Gasteiger charge is -2.15. The van der Waals surface area contributed by atoms with Crippen LogP contribution in [0.25, 0.3) is 5.65 Å². The van der Waals surface area contributed by atoms with E-state index in [9.17, 15) is 13.2 Å². The predicted molar refractivity (Wildman–Crippen MR) is 72.7 cm³/mol. The van der Waals surface area contributed by atoms with E-state index in [1.54, 1.807) is 13.8 Å². The van der Waals surface area contributed by atoms with E-state index < -0.39 is 12.0 Å². The summed E-state index contributed by atoms with van der Waals surface area (Å²) in [6, 6.07) is 0. The lowest BCUT2D eigenvalue weighted by molar-refractivity contribution is -0.146. The van der Waals surface area contributed by atoms with Gasteiger partial charge in [0.25, 0.3) is 5.82 Å². The molecule has 6 nitrogen and oxygen atoms in total. The van der Waals surface area contributed by atoms with Gasteiger partial charge < -0.3 is 10.1 Å². The highest BCUT2D eigenvalue weighted by molar-refractivity contribution is 5.58. The molecule has 1 atom stereocenters. The smallest absolute Gasteiger partial charge is 0.376 e. The zero-order chi connectivity index (χ0) is 15.9. The summed E-state index contributed by atoms with van der Waals surface area (Å²) in [4.78, 5) is 0. The van der Waals surface area contributed by atoms with Crippen LogP contribution < -0.4 is 5.32 Å². The van der Waals surface area contributed by atoms with Gasteiger partial charge in [0, 0.05) is 18.7 Å². The predicted octanol–water partition coefficient (Wildman–Crippen LogP) is 2.35. The van der Waals surface area contributed by atoms with Gasteiger partial charge in [0.15, 0.2) is 5.65 Å². The Morgan fingerprint density at radius 2 is 2.05 bits per heavy atom. The van der Waals surface area contributed by atoms with Crippen LogP contribution in [0.15, 0.2) is 0 Å². The molecule has 0 aliphatic carbocycles. The van der Waals surface area contributed by atoms with E-state index in [1.807, 2.05) is 0 Å². The summed E-state index contributed by atoms with van der Waals surface area (Å²) in [5, 5.41) is 13.9. The summed E-state index contributed by atoms with van der Waals surface area (Å²) >= 11 is 0. The van der Waals surface area contributed by atoms with Crippen LogP contribution in [0, 0.1) is 13.8 Å². The zero-order valence-electron chi connectivity index (χ0n) is 12.2. The molecule has 0 amide bonds. The van der Waals surface area contributed by atoms with Crippen molar-refractivity contribution in [2.75, 3.05) is 18.5 Å². The maximum Gasteiger partial charge on any atom is 0.453 e. The summed E-state index contributed by atoms with van der Waals surface area (Å²) in [6.07, 6.45) is -2.59. The van der Waals surface area contributed by atoms with E-state index in [2.05, 4.69) is 20.6 Å². The van der Waals surface area contributed by atoms with Gasteiger partial charge in [-0.1, -0.05) is 0 Å². The van der Waals surface area contributed by atoms with Crippen LogP contribution in [-0.4, -0.2) is 39.1 Å². The van der Waals surface area contributed by atoms with E-state index in [1.165, 1.54) is 0 Å². The van der Waals surface area contributed by atoms with Gasteiger partial charge in [0.05, 0.1) is 6.10 Å². The third-order valence-corrected chi connectivity index (χ3v) is 3.87. The largest absolute Gasteiger partial charge is 0.453 e. The van der Waals surface area contributed by atoms with Crippen molar-refractivity contribution in [1.29, 1.82) is 0 Å². The summed E-state index contributed by atoms with van der Waals surface area (Å²) in [7, 11) is 0. The number of anilines is 1. The Balaban J connectivity index is 1.97. The molecular formula is C13H16F3N5O. The maximum absolute atomic E-state index is 12.9. The molecule has 1 fully saturated rings. The number of fused-ring (bicyclic) bond motifs is 1. The van der Waals surface area contributed by atoms with Crippen LogP contribution >= 0.6 is 0 Å². The first-order valence-corrected chi connectivity index (χ1v) is 7.03. The fourth-order valence-corrected chi connectivity index (χ4v) is 2.49. The molecule has 2 aromatic rings. The van der Waals surface area contributed by atoms with Crippen LogP contribution in [0.4, 0.5) is 19.0 Å². The second kappa shape index (κ2) is 5.38. The quantitative estimate of drug-likeness (QED) is 0.942. The van der Waals surface area contributed by atoms with Gasteiger partial charge in [-0.25, -0.2) is 0 Å². The monoisotopic (exact) mass is 315 g/mol. The lowest BCUT2D eigenvalue weighted by Crippen LogP contribution is -2.21. The van der Waals surface area contributed by atoms with Gasteiger partial charge in [-0.2, -0.15) is 17.7 Å². The van der Waals surface area contributed by atoms with E-state index in [0.29, 0.717) is 17.9 Å². The van der Waals surface area contributed by atoms with Crippen LogP contribution in [0.2, 0.25) is 0 Å². The van der Waals surface area contributed by atoms with Gasteiger partial charge >= 0.3 is 6.18 Å². The van der Waals surface area contributed by atoms with Gasteiger partial charge in [0.1, 0.15) is 5.82 Å². The Hall–Kier alpha value is -1.90. The highest BCUT2D eigenvalue weighted by Gasteiger charge is 2.38. The van der Waals surface area contributed by atoms with Crippen molar-refractivity contribution >= 4 is 11.5 Å². The Morgan fingerprint density at radius 1 is 1.27 bits per heavy atom. The van der Waals surface area contributed by atoms with Crippen LogP contribution in [0.3, 0.4) is 0 Å². The SMILES string of the molecule is Cc1c(NC[C@H]2CCCO2)nn2c(C(F)(F)F)nnc2c1C. The number of nitrogens with zero attached hydrogens (tertiary/aromatic N) is 4.